The number of nitrogen functional groups attached to an aromatic ring is 1. The number of hydrogen-bond donors (Lipinski definition) is 2. The molecule has 0 aliphatic heterocycles. The Hall–Kier alpha value is -1.91. The average Bonchev–Trinajstić information content (AvgIpc) is 2.70. The number of aromatic amines is 1. The van der Waals surface area contributed by atoms with Gasteiger partial charge >= 0.3 is 0 Å². The Kier molecular flexibility index (Phi) is 2.60. The lowest BCUT2D eigenvalue weighted by Crippen LogP contribution is -2.21. The minimum absolute atomic E-state index is 0.0302. The summed E-state index contributed by atoms with van der Waals surface area (Å²) in [5.41, 5.74) is 7.63. The van der Waals surface area contributed by atoms with Gasteiger partial charge in [-0.15, -0.1) is 10.2 Å². The summed E-state index contributed by atoms with van der Waals surface area (Å²) < 4.78 is 0. The highest BCUT2D eigenvalue weighted by molar-refractivity contribution is 5.41. The van der Waals surface area contributed by atoms with Crippen molar-refractivity contribution >= 4 is 5.69 Å². The molecule has 0 spiro atoms. The molecule has 5 nitrogen and oxygen atoms in total. The molecular formula is C11H15N5. The van der Waals surface area contributed by atoms with Crippen molar-refractivity contribution in [2.45, 2.75) is 25.7 Å². The first kappa shape index (κ1) is 10.6. The van der Waals surface area contributed by atoms with Crippen LogP contribution in [0.4, 0.5) is 5.69 Å². The summed E-state index contributed by atoms with van der Waals surface area (Å²) >= 11 is 0. The first-order valence-corrected chi connectivity index (χ1v) is 5.16. The minimum Gasteiger partial charge on any atom is -0.399 e. The van der Waals surface area contributed by atoms with Crippen molar-refractivity contribution in [3.8, 4) is 0 Å². The molecule has 1 aromatic carbocycles. The van der Waals surface area contributed by atoms with Crippen LogP contribution in [0.15, 0.2) is 24.3 Å². The molecule has 1 heterocycles. The highest BCUT2D eigenvalue weighted by atomic mass is 15.5. The SMILES string of the molecule is CC(C)(Cc1nn[nH]n1)c1ccc(N)cc1. The van der Waals surface area contributed by atoms with E-state index < -0.39 is 0 Å². The molecule has 0 amide bonds. The zero-order valence-corrected chi connectivity index (χ0v) is 9.44. The molecule has 84 valence electrons. The van der Waals surface area contributed by atoms with Gasteiger partial charge in [0.1, 0.15) is 0 Å². The highest BCUT2D eigenvalue weighted by Crippen LogP contribution is 2.26. The number of nitrogens with one attached hydrogen (secondary N) is 1. The normalized spacial score (nSPS) is 11.6. The molecule has 0 aliphatic carbocycles. The molecule has 0 saturated heterocycles. The van der Waals surface area contributed by atoms with E-state index in [1.54, 1.807) is 0 Å². The lowest BCUT2D eigenvalue weighted by Gasteiger charge is -2.23. The van der Waals surface area contributed by atoms with Crippen LogP contribution in [-0.4, -0.2) is 20.6 Å². The zero-order valence-electron chi connectivity index (χ0n) is 9.44. The van der Waals surface area contributed by atoms with E-state index in [2.05, 4.69) is 34.5 Å². The fraction of sp³-hybridized carbons (Fsp3) is 0.364. The lowest BCUT2D eigenvalue weighted by molar-refractivity contribution is 0.507. The second kappa shape index (κ2) is 3.92. The molecule has 0 saturated carbocycles. The van der Waals surface area contributed by atoms with Crippen molar-refractivity contribution in [3.63, 3.8) is 0 Å². The third-order valence-electron chi connectivity index (χ3n) is 2.68. The van der Waals surface area contributed by atoms with Crippen molar-refractivity contribution in [2.24, 2.45) is 0 Å². The van der Waals surface area contributed by atoms with E-state index in [0.29, 0.717) is 0 Å². The lowest BCUT2D eigenvalue weighted by atomic mass is 9.81. The standard InChI is InChI=1S/C11H15N5/c1-11(2,7-10-13-15-16-14-10)8-3-5-9(12)6-4-8/h3-6H,7,12H2,1-2H3,(H,13,14,15,16). The summed E-state index contributed by atoms with van der Waals surface area (Å²) in [5, 5.41) is 14.0. The first-order valence-electron chi connectivity index (χ1n) is 5.16. The molecule has 2 aromatic rings. The summed E-state index contributed by atoms with van der Waals surface area (Å²) in [4.78, 5) is 0. The third-order valence-corrected chi connectivity index (χ3v) is 2.68. The van der Waals surface area contributed by atoms with Gasteiger partial charge in [0, 0.05) is 12.1 Å². The van der Waals surface area contributed by atoms with Gasteiger partial charge in [0.05, 0.1) is 0 Å². The second-order valence-corrected chi connectivity index (χ2v) is 4.51. The molecule has 0 bridgehead atoms. The molecular weight excluding hydrogens is 202 g/mol. The Balaban J connectivity index is 2.21. The van der Waals surface area contributed by atoms with E-state index in [9.17, 15) is 0 Å². The molecule has 16 heavy (non-hydrogen) atoms. The highest BCUT2D eigenvalue weighted by Gasteiger charge is 2.22. The predicted octanol–water partition coefficient (Wildman–Crippen LogP) is 1.30. The van der Waals surface area contributed by atoms with E-state index in [1.165, 1.54) is 5.56 Å². The van der Waals surface area contributed by atoms with E-state index in [0.717, 1.165) is 17.9 Å². The van der Waals surface area contributed by atoms with Crippen LogP contribution in [0.3, 0.4) is 0 Å². The monoisotopic (exact) mass is 217 g/mol. The maximum Gasteiger partial charge on any atom is 0.175 e. The Bertz CT molecular complexity index is 444. The summed E-state index contributed by atoms with van der Waals surface area (Å²) in [6.07, 6.45) is 0.743. The van der Waals surface area contributed by atoms with Crippen molar-refractivity contribution in [2.75, 3.05) is 5.73 Å². The van der Waals surface area contributed by atoms with Crippen molar-refractivity contribution in [1.82, 2.24) is 20.6 Å². The van der Waals surface area contributed by atoms with Crippen LogP contribution in [0, 0.1) is 0 Å². The second-order valence-electron chi connectivity index (χ2n) is 4.51. The van der Waals surface area contributed by atoms with Crippen molar-refractivity contribution < 1.29 is 0 Å². The fourth-order valence-electron chi connectivity index (χ4n) is 1.69. The third kappa shape index (κ3) is 2.18. The van der Waals surface area contributed by atoms with Crippen LogP contribution < -0.4 is 5.73 Å². The van der Waals surface area contributed by atoms with Gasteiger partial charge in [-0.1, -0.05) is 31.2 Å². The predicted molar refractivity (Wildman–Crippen MR) is 61.8 cm³/mol. The van der Waals surface area contributed by atoms with Crippen LogP contribution in [-0.2, 0) is 11.8 Å². The molecule has 2 rings (SSSR count). The van der Waals surface area contributed by atoms with Crippen LogP contribution in [0.1, 0.15) is 25.2 Å². The molecule has 0 radical (unpaired) electrons. The summed E-state index contributed by atoms with van der Waals surface area (Å²) in [5.74, 6) is 0.724. The van der Waals surface area contributed by atoms with Gasteiger partial charge in [0.15, 0.2) is 5.82 Å². The van der Waals surface area contributed by atoms with Gasteiger partial charge in [-0.3, -0.25) is 0 Å². The van der Waals surface area contributed by atoms with Crippen LogP contribution in [0.5, 0.6) is 0 Å². The van der Waals surface area contributed by atoms with Crippen molar-refractivity contribution in [1.29, 1.82) is 0 Å². The molecule has 3 N–H and O–H groups in total. The Morgan fingerprint density at radius 3 is 2.50 bits per heavy atom. The maximum atomic E-state index is 5.67. The van der Waals surface area contributed by atoms with E-state index in [1.807, 2.05) is 24.3 Å². The van der Waals surface area contributed by atoms with E-state index in [-0.39, 0.29) is 5.41 Å². The number of anilines is 1. The summed E-state index contributed by atoms with van der Waals surface area (Å²) in [7, 11) is 0. The van der Waals surface area contributed by atoms with E-state index >= 15 is 0 Å². The van der Waals surface area contributed by atoms with Gasteiger partial charge in [-0.2, -0.15) is 5.21 Å². The number of hydrogen-bond acceptors (Lipinski definition) is 4. The topological polar surface area (TPSA) is 80.5 Å². The molecule has 0 fully saturated rings. The van der Waals surface area contributed by atoms with Gasteiger partial charge in [-0.25, -0.2) is 0 Å². The van der Waals surface area contributed by atoms with Gasteiger partial charge < -0.3 is 5.73 Å². The molecule has 5 heteroatoms. The largest absolute Gasteiger partial charge is 0.399 e. The summed E-state index contributed by atoms with van der Waals surface area (Å²) in [6.45, 7) is 4.30. The smallest absolute Gasteiger partial charge is 0.175 e. The van der Waals surface area contributed by atoms with E-state index in [4.69, 9.17) is 5.73 Å². The molecule has 0 aliphatic rings. The Morgan fingerprint density at radius 2 is 1.94 bits per heavy atom. The molecule has 0 atom stereocenters. The van der Waals surface area contributed by atoms with Crippen molar-refractivity contribution in [3.05, 3.63) is 35.7 Å². The number of nitrogens with two attached hydrogens (primary N) is 1. The minimum atomic E-state index is -0.0302. The van der Waals surface area contributed by atoms with Gasteiger partial charge in [0.25, 0.3) is 0 Å². The van der Waals surface area contributed by atoms with Crippen LogP contribution in [0.25, 0.3) is 0 Å². The number of H-pyrrole nitrogens is 1. The number of nitrogens with zero attached hydrogens (tertiary/aromatic N) is 3. The Morgan fingerprint density at radius 1 is 1.25 bits per heavy atom. The van der Waals surface area contributed by atoms with Gasteiger partial charge in [-0.05, 0) is 23.1 Å². The zero-order chi connectivity index (χ0) is 11.6. The molecule has 1 aromatic heterocycles. The van der Waals surface area contributed by atoms with Crippen LogP contribution >= 0.6 is 0 Å². The number of tetrazole rings is 1. The molecule has 0 unspecified atom stereocenters. The summed E-state index contributed by atoms with van der Waals surface area (Å²) in [6, 6.07) is 7.89. The quantitative estimate of drug-likeness (QED) is 0.759. The van der Waals surface area contributed by atoms with Crippen LogP contribution in [0.2, 0.25) is 0 Å². The number of benzene rings is 1. The number of rotatable bonds is 3. The fourth-order valence-corrected chi connectivity index (χ4v) is 1.69. The maximum absolute atomic E-state index is 5.67. The Labute approximate surface area is 94.1 Å². The number of aromatic nitrogens is 4. The average molecular weight is 217 g/mol. The van der Waals surface area contributed by atoms with Gasteiger partial charge in [0.2, 0.25) is 0 Å². The first-order chi connectivity index (χ1) is 7.58.